The van der Waals surface area contributed by atoms with Crippen LogP contribution in [0.5, 0.6) is 11.5 Å². The lowest BCUT2D eigenvalue weighted by Gasteiger charge is -2.28. The molecule has 8 nitrogen and oxygen atoms in total. The highest BCUT2D eigenvalue weighted by atomic mass is 16.5. The average molecular weight is 452 g/mol. The molecule has 0 spiro atoms. The molecule has 0 saturated carbocycles. The number of hydrogen-bond acceptors (Lipinski definition) is 5. The van der Waals surface area contributed by atoms with Crippen molar-refractivity contribution in [2.75, 3.05) is 44.1 Å². The van der Waals surface area contributed by atoms with Crippen LogP contribution in [0.1, 0.15) is 52.5 Å². The third kappa shape index (κ3) is 4.51. The third-order valence-electron chi connectivity index (χ3n) is 6.26. The molecule has 33 heavy (non-hydrogen) atoms. The first kappa shape index (κ1) is 22.6. The van der Waals surface area contributed by atoms with Gasteiger partial charge in [0.2, 0.25) is 5.91 Å². The zero-order valence-electron chi connectivity index (χ0n) is 19.3. The van der Waals surface area contributed by atoms with Crippen LogP contribution < -0.4 is 19.7 Å². The normalized spacial score (nSPS) is 15.1. The SMILES string of the molecule is COc1cc(NC(=O)c2ccc3c(c2)CCN3C(C)=O)c(C(=O)N2CCCCC2)cc1OC. The lowest BCUT2D eigenvalue weighted by Crippen LogP contribution is -2.36. The minimum atomic E-state index is -0.334. The number of likely N-dealkylation sites (tertiary alicyclic amines) is 1. The van der Waals surface area contributed by atoms with Gasteiger partial charge < -0.3 is 24.6 Å². The van der Waals surface area contributed by atoms with Gasteiger partial charge in [0.25, 0.3) is 11.8 Å². The summed E-state index contributed by atoms with van der Waals surface area (Å²) >= 11 is 0. The first-order valence-electron chi connectivity index (χ1n) is 11.2. The summed E-state index contributed by atoms with van der Waals surface area (Å²) in [5.74, 6) is 0.361. The number of anilines is 2. The Hall–Kier alpha value is -3.55. The highest BCUT2D eigenvalue weighted by Gasteiger charge is 2.26. The number of hydrogen-bond donors (Lipinski definition) is 1. The fourth-order valence-electron chi connectivity index (χ4n) is 4.49. The largest absolute Gasteiger partial charge is 0.493 e. The maximum atomic E-state index is 13.3. The molecule has 2 aliphatic rings. The van der Waals surface area contributed by atoms with Gasteiger partial charge in [-0.3, -0.25) is 14.4 Å². The standard InChI is InChI=1S/C25H29N3O5/c1-16(29)28-12-9-17-13-18(7-8-21(17)28)24(30)26-20-15-23(33-3)22(32-2)14-19(20)25(31)27-10-5-4-6-11-27/h7-8,13-15H,4-6,9-12H2,1-3H3,(H,26,30). The number of piperidine rings is 1. The van der Waals surface area contributed by atoms with E-state index in [1.54, 1.807) is 35.2 Å². The molecule has 3 amide bonds. The van der Waals surface area contributed by atoms with Gasteiger partial charge in [0.05, 0.1) is 25.5 Å². The van der Waals surface area contributed by atoms with Gasteiger partial charge in [-0.05, 0) is 55.5 Å². The first-order valence-corrected chi connectivity index (χ1v) is 11.2. The lowest BCUT2D eigenvalue weighted by molar-refractivity contribution is -0.116. The quantitative estimate of drug-likeness (QED) is 0.752. The molecule has 2 aromatic rings. The molecule has 0 unspecified atom stereocenters. The van der Waals surface area contributed by atoms with Crippen molar-refractivity contribution in [2.45, 2.75) is 32.6 Å². The molecule has 4 rings (SSSR count). The molecule has 2 aromatic carbocycles. The Morgan fingerprint density at radius 3 is 2.27 bits per heavy atom. The van der Waals surface area contributed by atoms with E-state index < -0.39 is 0 Å². The van der Waals surface area contributed by atoms with Gasteiger partial charge in [-0.25, -0.2) is 0 Å². The van der Waals surface area contributed by atoms with Gasteiger partial charge in [-0.2, -0.15) is 0 Å². The van der Waals surface area contributed by atoms with Crippen molar-refractivity contribution < 1.29 is 23.9 Å². The van der Waals surface area contributed by atoms with Crippen molar-refractivity contribution in [3.05, 3.63) is 47.0 Å². The molecule has 0 bridgehead atoms. The fourth-order valence-corrected chi connectivity index (χ4v) is 4.49. The van der Waals surface area contributed by atoms with Crippen molar-refractivity contribution >= 4 is 29.1 Å². The molecule has 2 aliphatic heterocycles. The monoisotopic (exact) mass is 451 g/mol. The summed E-state index contributed by atoms with van der Waals surface area (Å²) in [6, 6.07) is 8.55. The number of carbonyl (C=O) groups is 3. The van der Waals surface area contributed by atoms with E-state index in [4.69, 9.17) is 9.47 Å². The number of fused-ring (bicyclic) bond motifs is 1. The molecule has 8 heteroatoms. The van der Waals surface area contributed by atoms with Crippen LogP contribution in [0.4, 0.5) is 11.4 Å². The topological polar surface area (TPSA) is 88.2 Å². The number of amides is 3. The van der Waals surface area contributed by atoms with Crippen LogP contribution in [0.3, 0.4) is 0 Å². The van der Waals surface area contributed by atoms with Gasteiger partial charge in [0.15, 0.2) is 11.5 Å². The summed E-state index contributed by atoms with van der Waals surface area (Å²) in [6.07, 6.45) is 3.74. The highest BCUT2D eigenvalue weighted by Crippen LogP contribution is 2.35. The predicted octanol–water partition coefficient (Wildman–Crippen LogP) is 3.49. The van der Waals surface area contributed by atoms with E-state index in [-0.39, 0.29) is 17.7 Å². The Labute approximate surface area is 193 Å². The molecular formula is C25H29N3O5. The number of methoxy groups -OCH3 is 2. The van der Waals surface area contributed by atoms with E-state index in [1.165, 1.54) is 21.1 Å². The molecule has 1 N–H and O–H groups in total. The second kappa shape index (κ2) is 9.52. The average Bonchev–Trinajstić information content (AvgIpc) is 3.27. The second-order valence-corrected chi connectivity index (χ2v) is 8.32. The predicted molar refractivity (Wildman–Crippen MR) is 125 cm³/mol. The Balaban J connectivity index is 1.64. The van der Waals surface area contributed by atoms with Crippen LogP contribution in [-0.2, 0) is 11.2 Å². The van der Waals surface area contributed by atoms with Crippen LogP contribution >= 0.6 is 0 Å². The Morgan fingerprint density at radius 1 is 0.909 bits per heavy atom. The Bertz CT molecular complexity index is 1090. The van der Waals surface area contributed by atoms with Gasteiger partial charge >= 0.3 is 0 Å². The molecule has 174 valence electrons. The van der Waals surface area contributed by atoms with E-state index in [0.717, 1.165) is 30.5 Å². The van der Waals surface area contributed by atoms with Crippen LogP contribution in [-0.4, -0.2) is 56.5 Å². The number of nitrogens with zero attached hydrogens (tertiary/aromatic N) is 2. The van der Waals surface area contributed by atoms with Gasteiger partial charge in [-0.1, -0.05) is 0 Å². The molecule has 0 radical (unpaired) electrons. The first-order chi connectivity index (χ1) is 15.9. The number of nitrogens with one attached hydrogen (secondary N) is 1. The summed E-state index contributed by atoms with van der Waals surface area (Å²) in [4.78, 5) is 41.8. The van der Waals surface area contributed by atoms with Crippen molar-refractivity contribution in [1.82, 2.24) is 4.90 Å². The van der Waals surface area contributed by atoms with E-state index in [9.17, 15) is 14.4 Å². The summed E-state index contributed by atoms with van der Waals surface area (Å²) in [5, 5.41) is 2.90. The maximum absolute atomic E-state index is 13.3. The second-order valence-electron chi connectivity index (χ2n) is 8.32. The summed E-state index contributed by atoms with van der Waals surface area (Å²) < 4.78 is 10.8. The molecule has 0 aliphatic carbocycles. The fraction of sp³-hybridized carbons (Fsp3) is 0.400. The van der Waals surface area contributed by atoms with Crippen molar-refractivity contribution in [1.29, 1.82) is 0 Å². The van der Waals surface area contributed by atoms with Crippen LogP contribution in [0.2, 0.25) is 0 Å². The van der Waals surface area contributed by atoms with Crippen LogP contribution in [0.15, 0.2) is 30.3 Å². The highest BCUT2D eigenvalue weighted by molar-refractivity contribution is 6.10. The van der Waals surface area contributed by atoms with Crippen LogP contribution in [0, 0.1) is 0 Å². The minimum Gasteiger partial charge on any atom is -0.493 e. The number of benzene rings is 2. The maximum Gasteiger partial charge on any atom is 0.256 e. The molecule has 2 heterocycles. The molecular weight excluding hydrogens is 422 g/mol. The number of rotatable bonds is 5. The molecule has 0 atom stereocenters. The summed E-state index contributed by atoms with van der Waals surface area (Å²) in [7, 11) is 3.02. The van der Waals surface area contributed by atoms with E-state index >= 15 is 0 Å². The van der Waals surface area contributed by atoms with Gasteiger partial charge in [0.1, 0.15) is 0 Å². The Kier molecular flexibility index (Phi) is 6.53. The van der Waals surface area contributed by atoms with Crippen molar-refractivity contribution in [3.8, 4) is 11.5 Å². The van der Waals surface area contributed by atoms with Crippen LogP contribution in [0.25, 0.3) is 0 Å². The number of carbonyl (C=O) groups excluding carboxylic acids is 3. The zero-order valence-corrected chi connectivity index (χ0v) is 19.3. The summed E-state index contributed by atoms with van der Waals surface area (Å²) in [6.45, 7) is 3.53. The van der Waals surface area contributed by atoms with Crippen molar-refractivity contribution in [2.24, 2.45) is 0 Å². The zero-order chi connectivity index (χ0) is 23.5. The third-order valence-corrected chi connectivity index (χ3v) is 6.26. The summed E-state index contributed by atoms with van der Waals surface area (Å²) in [5.41, 5.74) is 3.00. The van der Waals surface area contributed by atoms with E-state index in [1.807, 2.05) is 4.90 Å². The van der Waals surface area contributed by atoms with E-state index in [2.05, 4.69) is 5.32 Å². The van der Waals surface area contributed by atoms with Crippen molar-refractivity contribution in [3.63, 3.8) is 0 Å². The van der Waals surface area contributed by atoms with Gasteiger partial charge in [-0.15, -0.1) is 0 Å². The molecule has 1 saturated heterocycles. The van der Waals surface area contributed by atoms with E-state index in [0.29, 0.717) is 54.4 Å². The molecule has 1 fully saturated rings. The Morgan fingerprint density at radius 2 is 1.61 bits per heavy atom. The lowest BCUT2D eigenvalue weighted by atomic mass is 10.1. The smallest absolute Gasteiger partial charge is 0.256 e. The minimum absolute atomic E-state index is 0.0165. The molecule has 0 aromatic heterocycles. The number of ether oxygens (including phenoxy) is 2. The van der Waals surface area contributed by atoms with Gasteiger partial charge in [0, 0.05) is 43.9 Å².